The molecule has 1 aromatic heterocycles. The number of imidazole rings is 1. The van der Waals surface area contributed by atoms with Crippen molar-refractivity contribution < 1.29 is 14.3 Å². The summed E-state index contributed by atoms with van der Waals surface area (Å²) < 4.78 is 5.26. The molecule has 1 atom stereocenters. The molecule has 0 saturated heterocycles. The Morgan fingerprint density at radius 3 is 2.47 bits per heavy atom. The number of hydrogen-bond donors (Lipinski definition) is 3. The fourth-order valence-electron chi connectivity index (χ4n) is 3.05. The lowest BCUT2D eigenvalue weighted by Gasteiger charge is -2.21. The van der Waals surface area contributed by atoms with E-state index in [0.29, 0.717) is 17.1 Å². The number of nitrogens with one attached hydrogen (secondary N) is 3. The van der Waals surface area contributed by atoms with Crippen LogP contribution < -0.4 is 10.6 Å². The summed E-state index contributed by atoms with van der Waals surface area (Å²) in [5, 5.41) is 5.71. The normalized spacial score (nSPS) is 12.6. The van der Waals surface area contributed by atoms with Gasteiger partial charge in [-0.05, 0) is 57.0 Å². The van der Waals surface area contributed by atoms with E-state index in [2.05, 4.69) is 20.6 Å². The van der Waals surface area contributed by atoms with E-state index < -0.39 is 11.7 Å². The fourth-order valence-corrected chi connectivity index (χ4v) is 3.05. The predicted octanol–water partition coefficient (Wildman–Crippen LogP) is 5.04. The van der Waals surface area contributed by atoms with Gasteiger partial charge in [0.15, 0.2) is 0 Å². The summed E-state index contributed by atoms with van der Waals surface area (Å²) in [4.78, 5) is 32.8. The van der Waals surface area contributed by atoms with Crippen molar-refractivity contribution in [3.05, 3.63) is 59.9 Å². The van der Waals surface area contributed by atoms with Crippen molar-refractivity contribution in [1.82, 2.24) is 15.3 Å². The van der Waals surface area contributed by atoms with Gasteiger partial charge < -0.3 is 15.0 Å². The summed E-state index contributed by atoms with van der Waals surface area (Å²) in [5.41, 5.74) is 2.11. The summed E-state index contributed by atoms with van der Waals surface area (Å²) in [6, 6.07) is 14.2. The number of para-hydroxylation sites is 2. The van der Waals surface area contributed by atoms with E-state index in [0.717, 1.165) is 11.0 Å². The van der Waals surface area contributed by atoms with Crippen LogP contribution in [0.4, 0.5) is 10.5 Å². The lowest BCUT2D eigenvalue weighted by molar-refractivity contribution is 0.0635. The number of carbonyl (C=O) groups is 2. The molecule has 0 fully saturated rings. The van der Waals surface area contributed by atoms with Crippen LogP contribution in [0.2, 0.25) is 0 Å². The quantitative estimate of drug-likeness (QED) is 0.551. The lowest BCUT2D eigenvalue weighted by Crippen LogP contribution is -2.32. The van der Waals surface area contributed by atoms with Gasteiger partial charge in [0.05, 0.1) is 17.1 Å². The molecule has 0 spiro atoms. The highest BCUT2D eigenvalue weighted by Gasteiger charge is 2.23. The number of carbonyl (C=O) groups excluding carboxylic acids is 2. The first-order valence-electron chi connectivity index (χ1n) is 9.98. The van der Waals surface area contributed by atoms with E-state index in [1.807, 2.05) is 38.1 Å². The molecule has 1 unspecified atom stereocenters. The van der Waals surface area contributed by atoms with Crippen molar-refractivity contribution in [2.24, 2.45) is 5.92 Å². The number of hydrogen-bond acceptors (Lipinski definition) is 4. The maximum absolute atomic E-state index is 12.9. The van der Waals surface area contributed by atoms with Gasteiger partial charge in [-0.2, -0.15) is 0 Å². The predicted molar refractivity (Wildman–Crippen MR) is 117 cm³/mol. The summed E-state index contributed by atoms with van der Waals surface area (Å²) >= 11 is 0. The summed E-state index contributed by atoms with van der Waals surface area (Å²) in [5.74, 6) is 0.585. The Bertz CT molecular complexity index is 1020. The van der Waals surface area contributed by atoms with Gasteiger partial charge in [-0.3, -0.25) is 10.1 Å². The molecular weight excluding hydrogens is 380 g/mol. The summed E-state index contributed by atoms with van der Waals surface area (Å²) in [6.07, 6.45) is -0.567. The van der Waals surface area contributed by atoms with E-state index in [9.17, 15) is 9.59 Å². The third-order valence-electron chi connectivity index (χ3n) is 4.43. The Morgan fingerprint density at radius 2 is 1.80 bits per heavy atom. The van der Waals surface area contributed by atoms with Crippen LogP contribution in [-0.2, 0) is 4.74 Å². The molecule has 158 valence electrons. The number of benzene rings is 2. The Morgan fingerprint density at radius 1 is 1.07 bits per heavy atom. The molecule has 0 aliphatic carbocycles. The Hall–Kier alpha value is -3.35. The molecule has 1 heterocycles. The van der Waals surface area contributed by atoms with Gasteiger partial charge >= 0.3 is 6.09 Å². The molecule has 7 nitrogen and oxygen atoms in total. The van der Waals surface area contributed by atoms with Gasteiger partial charge in [-0.25, -0.2) is 9.78 Å². The van der Waals surface area contributed by atoms with Gasteiger partial charge in [0.1, 0.15) is 11.4 Å². The molecule has 30 heavy (non-hydrogen) atoms. The zero-order valence-corrected chi connectivity index (χ0v) is 17.9. The molecule has 0 saturated carbocycles. The zero-order chi connectivity index (χ0) is 21.9. The average molecular weight is 409 g/mol. The largest absolute Gasteiger partial charge is 0.444 e. The number of nitrogens with zero attached hydrogens (tertiary/aromatic N) is 1. The second-order valence-corrected chi connectivity index (χ2v) is 8.54. The first-order chi connectivity index (χ1) is 14.1. The first kappa shape index (κ1) is 21.4. The van der Waals surface area contributed by atoms with Crippen molar-refractivity contribution in [2.75, 3.05) is 5.32 Å². The molecule has 0 bridgehead atoms. The van der Waals surface area contributed by atoms with Gasteiger partial charge in [0.25, 0.3) is 5.91 Å². The molecule has 3 aromatic rings. The van der Waals surface area contributed by atoms with E-state index in [-0.39, 0.29) is 17.9 Å². The lowest BCUT2D eigenvalue weighted by atomic mass is 10.0. The van der Waals surface area contributed by atoms with Gasteiger partial charge in [-0.1, -0.05) is 32.0 Å². The number of ether oxygens (including phenoxy) is 1. The van der Waals surface area contributed by atoms with E-state index in [1.54, 1.807) is 45.0 Å². The van der Waals surface area contributed by atoms with Gasteiger partial charge in [0.2, 0.25) is 0 Å². The zero-order valence-electron chi connectivity index (χ0n) is 17.9. The average Bonchev–Trinajstić information content (AvgIpc) is 3.08. The Labute approximate surface area is 176 Å². The molecule has 0 radical (unpaired) electrons. The van der Waals surface area contributed by atoms with Crippen LogP contribution in [0.25, 0.3) is 11.0 Å². The highest BCUT2D eigenvalue weighted by molar-refractivity contribution is 5.96. The Kier molecular flexibility index (Phi) is 6.10. The number of rotatable bonds is 5. The second kappa shape index (κ2) is 8.57. The van der Waals surface area contributed by atoms with Crippen LogP contribution >= 0.6 is 0 Å². The number of fused-ring (bicyclic) bond motifs is 1. The fraction of sp³-hybridized carbons (Fsp3) is 0.348. The maximum Gasteiger partial charge on any atom is 0.412 e. The van der Waals surface area contributed by atoms with Crippen molar-refractivity contribution in [2.45, 2.75) is 46.3 Å². The van der Waals surface area contributed by atoms with Crippen LogP contribution in [0.5, 0.6) is 0 Å². The minimum atomic E-state index is -0.601. The number of amides is 2. The smallest absolute Gasteiger partial charge is 0.412 e. The van der Waals surface area contributed by atoms with Crippen LogP contribution in [0.3, 0.4) is 0 Å². The first-order valence-corrected chi connectivity index (χ1v) is 9.98. The minimum absolute atomic E-state index is 0.123. The standard InChI is InChI=1S/C23H28N4O3/c1-14(2)19(20-25-17-11-6-7-12-18(17)26-20)27-21(28)15-9-8-10-16(13-15)24-22(29)30-23(3,4)5/h6-14,19H,1-5H3,(H,24,29)(H,25,26)(H,27,28). The SMILES string of the molecule is CC(C)C(NC(=O)c1cccc(NC(=O)OC(C)(C)C)c1)c1nc2ccccc2[nH]1. The summed E-state index contributed by atoms with van der Waals surface area (Å²) in [6.45, 7) is 9.43. The van der Waals surface area contributed by atoms with Gasteiger partial charge in [-0.15, -0.1) is 0 Å². The monoisotopic (exact) mass is 408 g/mol. The molecule has 7 heteroatoms. The molecular formula is C23H28N4O3. The van der Waals surface area contributed by atoms with Crippen molar-refractivity contribution in [3.8, 4) is 0 Å². The number of aromatic amines is 1. The molecule has 2 amide bonds. The number of H-pyrrole nitrogens is 1. The highest BCUT2D eigenvalue weighted by atomic mass is 16.6. The van der Waals surface area contributed by atoms with Gasteiger partial charge in [0, 0.05) is 11.3 Å². The van der Waals surface area contributed by atoms with Crippen LogP contribution in [0, 0.1) is 5.92 Å². The summed E-state index contributed by atoms with van der Waals surface area (Å²) in [7, 11) is 0. The highest BCUT2D eigenvalue weighted by Crippen LogP contribution is 2.23. The molecule has 0 aliphatic heterocycles. The number of aromatic nitrogens is 2. The Balaban J connectivity index is 1.75. The maximum atomic E-state index is 12.9. The van der Waals surface area contributed by atoms with Crippen LogP contribution in [0.1, 0.15) is 56.8 Å². The van der Waals surface area contributed by atoms with E-state index in [4.69, 9.17) is 4.74 Å². The number of anilines is 1. The van der Waals surface area contributed by atoms with Crippen molar-refractivity contribution >= 4 is 28.7 Å². The molecule has 3 N–H and O–H groups in total. The van der Waals surface area contributed by atoms with Crippen LogP contribution in [-0.4, -0.2) is 27.6 Å². The molecule has 2 aromatic carbocycles. The molecule has 0 aliphatic rings. The third kappa shape index (κ3) is 5.37. The van der Waals surface area contributed by atoms with Crippen LogP contribution in [0.15, 0.2) is 48.5 Å². The third-order valence-corrected chi connectivity index (χ3v) is 4.43. The minimum Gasteiger partial charge on any atom is -0.444 e. The van der Waals surface area contributed by atoms with E-state index in [1.165, 1.54) is 0 Å². The molecule has 3 rings (SSSR count). The second-order valence-electron chi connectivity index (χ2n) is 8.54. The van der Waals surface area contributed by atoms with Crippen molar-refractivity contribution in [3.63, 3.8) is 0 Å². The van der Waals surface area contributed by atoms with Crippen molar-refractivity contribution in [1.29, 1.82) is 0 Å². The van der Waals surface area contributed by atoms with E-state index >= 15 is 0 Å². The topological polar surface area (TPSA) is 96.1 Å².